The number of nitrogens with zero attached hydrogens (tertiary/aromatic N) is 2. The van der Waals surface area contributed by atoms with Crippen molar-refractivity contribution >= 4 is 0 Å². The van der Waals surface area contributed by atoms with Crippen LogP contribution in [0.2, 0.25) is 0 Å². The van der Waals surface area contributed by atoms with E-state index < -0.39 is 36.8 Å². The van der Waals surface area contributed by atoms with E-state index in [0.717, 1.165) is 25.7 Å². The summed E-state index contributed by atoms with van der Waals surface area (Å²) in [5.41, 5.74) is 0.678. The summed E-state index contributed by atoms with van der Waals surface area (Å²) >= 11 is 0. The second-order valence-corrected chi connectivity index (χ2v) is 8.65. The van der Waals surface area contributed by atoms with Crippen LogP contribution in [-0.2, 0) is 0 Å². The molecule has 0 bridgehead atoms. The summed E-state index contributed by atoms with van der Waals surface area (Å²) < 4.78 is 127. The van der Waals surface area contributed by atoms with Gasteiger partial charge in [-0.25, -0.2) is 9.97 Å². The van der Waals surface area contributed by atoms with Gasteiger partial charge in [-0.05, 0) is 62.8 Å². The molecule has 0 aliphatic rings. The molecule has 0 aliphatic carbocycles. The van der Waals surface area contributed by atoms with E-state index in [1.807, 2.05) is 0 Å². The third-order valence-corrected chi connectivity index (χ3v) is 5.54. The topological polar surface area (TPSA) is 44.2 Å². The Morgan fingerprint density at radius 2 is 1.26 bits per heavy atom. The van der Waals surface area contributed by atoms with Gasteiger partial charge in [0.2, 0.25) is 0 Å². The second kappa shape index (κ2) is 13.9. The standard InChI is InChI=1S/C26H29F9N2O2/c1-2-3-4-5-6-8-15-38-20-12-10-19(11-13-20)22-36-17-21(18-37-22)39-16-9-7-14-23(27,28)24(29,30)25(31,32)26(33,34)35/h3-4,10-13,17-18H,2,5-9,14-16H2,1H3/b4-3+. The molecule has 0 amide bonds. The molecular weight excluding hydrogens is 543 g/mol. The Morgan fingerprint density at radius 3 is 1.82 bits per heavy atom. The number of unbranched alkanes of at least 4 members (excludes halogenated alkanes) is 3. The molecule has 0 saturated carbocycles. The minimum absolute atomic E-state index is 0.119. The minimum Gasteiger partial charge on any atom is -0.494 e. The maximum Gasteiger partial charge on any atom is 0.460 e. The van der Waals surface area contributed by atoms with Crippen molar-refractivity contribution in [2.24, 2.45) is 0 Å². The summed E-state index contributed by atoms with van der Waals surface area (Å²) in [7, 11) is 0. The zero-order valence-corrected chi connectivity index (χ0v) is 21.1. The van der Waals surface area contributed by atoms with Crippen LogP contribution in [0.1, 0.15) is 51.9 Å². The number of ether oxygens (including phenoxy) is 2. The Hall–Kier alpha value is -2.99. The molecular formula is C26H29F9N2O2. The van der Waals surface area contributed by atoms with E-state index >= 15 is 0 Å². The molecule has 13 heteroatoms. The monoisotopic (exact) mass is 572 g/mol. The minimum atomic E-state index is -6.88. The third-order valence-electron chi connectivity index (χ3n) is 5.54. The largest absolute Gasteiger partial charge is 0.494 e. The van der Waals surface area contributed by atoms with Crippen LogP contribution in [0.4, 0.5) is 39.5 Å². The van der Waals surface area contributed by atoms with Crippen molar-refractivity contribution in [3.8, 4) is 22.9 Å². The van der Waals surface area contributed by atoms with E-state index in [1.165, 1.54) is 12.4 Å². The molecule has 4 nitrogen and oxygen atoms in total. The zero-order chi connectivity index (χ0) is 29.2. The van der Waals surface area contributed by atoms with Gasteiger partial charge in [0.1, 0.15) is 5.75 Å². The molecule has 0 atom stereocenters. The van der Waals surface area contributed by atoms with Crippen LogP contribution in [0.25, 0.3) is 11.4 Å². The van der Waals surface area contributed by atoms with Gasteiger partial charge in [-0.3, -0.25) is 0 Å². The first-order valence-corrected chi connectivity index (χ1v) is 12.3. The second-order valence-electron chi connectivity index (χ2n) is 8.65. The molecule has 0 fully saturated rings. The number of benzene rings is 1. The average molecular weight is 573 g/mol. The quantitative estimate of drug-likeness (QED) is 0.115. The fraction of sp³-hybridized carbons (Fsp3) is 0.538. The van der Waals surface area contributed by atoms with Crippen molar-refractivity contribution in [3.05, 3.63) is 48.8 Å². The van der Waals surface area contributed by atoms with Crippen molar-refractivity contribution in [1.29, 1.82) is 0 Å². The summed E-state index contributed by atoms with van der Waals surface area (Å²) in [5.74, 6) is -17.9. The van der Waals surface area contributed by atoms with E-state index in [1.54, 1.807) is 24.3 Å². The van der Waals surface area contributed by atoms with Crippen molar-refractivity contribution < 1.29 is 49.0 Å². The highest BCUT2D eigenvalue weighted by molar-refractivity contribution is 5.56. The summed E-state index contributed by atoms with van der Waals surface area (Å²) in [6, 6.07) is 7.05. The van der Waals surface area contributed by atoms with Crippen LogP contribution >= 0.6 is 0 Å². The molecule has 2 aromatic rings. The SMILES string of the molecule is CC/C=C/CCCCOc1ccc(-c2ncc(OCCCCC(F)(F)C(F)(F)C(F)(F)C(F)(F)F)cn2)cc1. The van der Waals surface area contributed by atoms with Crippen LogP contribution in [0.3, 0.4) is 0 Å². The van der Waals surface area contributed by atoms with Gasteiger partial charge in [-0.1, -0.05) is 19.1 Å². The summed E-state index contributed by atoms with van der Waals surface area (Å²) in [5, 5.41) is 0. The van der Waals surface area contributed by atoms with E-state index in [2.05, 4.69) is 29.0 Å². The van der Waals surface area contributed by atoms with E-state index in [0.29, 0.717) is 23.7 Å². The van der Waals surface area contributed by atoms with Gasteiger partial charge < -0.3 is 9.47 Å². The Labute approximate surface area is 220 Å². The molecule has 0 spiro atoms. The Bertz CT molecular complexity index is 1030. The van der Waals surface area contributed by atoms with E-state index in [-0.39, 0.29) is 18.8 Å². The number of allylic oxidation sites excluding steroid dienone is 2. The van der Waals surface area contributed by atoms with Crippen LogP contribution in [0.15, 0.2) is 48.8 Å². The van der Waals surface area contributed by atoms with Crippen molar-refractivity contribution in [3.63, 3.8) is 0 Å². The predicted octanol–water partition coefficient (Wildman–Crippen LogP) is 8.68. The van der Waals surface area contributed by atoms with Gasteiger partial charge >= 0.3 is 23.9 Å². The van der Waals surface area contributed by atoms with Gasteiger partial charge in [0.15, 0.2) is 11.6 Å². The smallest absolute Gasteiger partial charge is 0.460 e. The normalized spacial score (nSPS) is 13.2. The molecule has 0 radical (unpaired) electrons. The van der Waals surface area contributed by atoms with Crippen LogP contribution in [0.5, 0.6) is 11.5 Å². The number of alkyl halides is 9. The van der Waals surface area contributed by atoms with E-state index in [9.17, 15) is 39.5 Å². The first kappa shape index (κ1) is 32.2. The molecule has 1 aromatic heterocycles. The molecule has 1 heterocycles. The molecule has 0 saturated heterocycles. The Morgan fingerprint density at radius 1 is 0.692 bits per heavy atom. The maximum atomic E-state index is 13.5. The fourth-order valence-corrected chi connectivity index (χ4v) is 3.28. The van der Waals surface area contributed by atoms with Gasteiger partial charge in [-0.15, -0.1) is 0 Å². The van der Waals surface area contributed by atoms with E-state index in [4.69, 9.17) is 9.47 Å². The molecule has 0 aliphatic heterocycles. The number of hydrogen-bond acceptors (Lipinski definition) is 4. The van der Waals surface area contributed by atoms with Crippen molar-refractivity contribution in [2.75, 3.05) is 13.2 Å². The van der Waals surface area contributed by atoms with Gasteiger partial charge in [0.25, 0.3) is 0 Å². The van der Waals surface area contributed by atoms with Gasteiger partial charge in [0, 0.05) is 12.0 Å². The Balaban J connectivity index is 1.77. The van der Waals surface area contributed by atoms with Crippen LogP contribution < -0.4 is 9.47 Å². The average Bonchev–Trinajstić information content (AvgIpc) is 2.88. The first-order chi connectivity index (χ1) is 18.2. The lowest BCUT2D eigenvalue weighted by atomic mass is 9.99. The number of hydrogen-bond donors (Lipinski definition) is 0. The molecule has 1 aromatic carbocycles. The lowest BCUT2D eigenvalue weighted by molar-refractivity contribution is -0.396. The fourth-order valence-electron chi connectivity index (χ4n) is 3.28. The predicted molar refractivity (Wildman–Crippen MR) is 126 cm³/mol. The number of aromatic nitrogens is 2. The highest BCUT2D eigenvalue weighted by Crippen LogP contribution is 2.54. The van der Waals surface area contributed by atoms with Crippen LogP contribution in [-0.4, -0.2) is 47.1 Å². The maximum absolute atomic E-state index is 13.5. The summed E-state index contributed by atoms with van der Waals surface area (Å²) in [6.45, 7) is 2.36. The highest BCUT2D eigenvalue weighted by atomic mass is 19.4. The number of rotatable bonds is 16. The Kier molecular flexibility index (Phi) is 11.5. The third kappa shape index (κ3) is 8.76. The van der Waals surface area contributed by atoms with Crippen LogP contribution in [0, 0.1) is 0 Å². The molecule has 2 rings (SSSR count). The lowest BCUT2D eigenvalue weighted by Gasteiger charge is -2.33. The molecule has 218 valence electrons. The van der Waals surface area contributed by atoms with Gasteiger partial charge in [-0.2, -0.15) is 39.5 Å². The lowest BCUT2D eigenvalue weighted by Crippen LogP contribution is -2.60. The van der Waals surface area contributed by atoms with Gasteiger partial charge in [0.05, 0.1) is 25.6 Å². The first-order valence-electron chi connectivity index (χ1n) is 12.3. The highest BCUT2D eigenvalue weighted by Gasteiger charge is 2.81. The summed E-state index contributed by atoms with van der Waals surface area (Å²) in [4.78, 5) is 8.24. The number of halogens is 9. The molecule has 0 N–H and O–H groups in total. The summed E-state index contributed by atoms with van der Waals surface area (Å²) in [6.07, 6.45) is 0.993. The molecule has 39 heavy (non-hydrogen) atoms. The van der Waals surface area contributed by atoms with Crippen molar-refractivity contribution in [2.45, 2.75) is 75.8 Å². The zero-order valence-electron chi connectivity index (χ0n) is 21.1. The van der Waals surface area contributed by atoms with Crippen molar-refractivity contribution in [1.82, 2.24) is 9.97 Å². The molecule has 0 unspecified atom stereocenters.